The van der Waals surface area contributed by atoms with E-state index in [4.69, 9.17) is 9.47 Å². The summed E-state index contributed by atoms with van der Waals surface area (Å²) in [6.07, 6.45) is 3.07. The molecule has 0 N–H and O–H groups in total. The number of rotatable bonds is 5. The Morgan fingerprint density at radius 2 is 2.24 bits per heavy atom. The van der Waals surface area contributed by atoms with E-state index in [-0.39, 0.29) is 6.10 Å². The number of morpholine rings is 1. The fraction of sp³-hybridized carbons (Fsp3) is 0.438. The third-order valence-electron chi connectivity index (χ3n) is 3.69. The van der Waals surface area contributed by atoms with Crippen LogP contribution in [0.1, 0.15) is 10.6 Å². The summed E-state index contributed by atoms with van der Waals surface area (Å²) in [6.45, 7) is 3.68. The molecule has 4 nitrogen and oxygen atoms in total. The van der Waals surface area contributed by atoms with Crippen LogP contribution in [0.5, 0.6) is 5.75 Å². The minimum Gasteiger partial charge on any atom is -0.497 e. The molecule has 1 aromatic heterocycles. The number of hydrogen-bond donors (Lipinski definition) is 0. The van der Waals surface area contributed by atoms with E-state index in [1.807, 2.05) is 23.7 Å². The Bertz CT molecular complexity index is 542. The lowest BCUT2D eigenvalue weighted by atomic mass is 10.1. The Morgan fingerprint density at radius 1 is 1.38 bits per heavy atom. The van der Waals surface area contributed by atoms with Crippen LogP contribution in [0.2, 0.25) is 0 Å². The number of benzene rings is 1. The first-order chi connectivity index (χ1) is 10.3. The predicted octanol–water partition coefficient (Wildman–Crippen LogP) is 2.60. The van der Waals surface area contributed by atoms with Crippen LogP contribution in [-0.4, -0.2) is 42.8 Å². The van der Waals surface area contributed by atoms with E-state index in [9.17, 15) is 0 Å². The van der Waals surface area contributed by atoms with Crippen molar-refractivity contribution in [2.24, 2.45) is 0 Å². The monoisotopic (exact) mass is 304 g/mol. The molecule has 0 aliphatic carbocycles. The molecule has 0 bridgehead atoms. The van der Waals surface area contributed by atoms with Gasteiger partial charge in [0.1, 0.15) is 10.8 Å². The molecule has 0 amide bonds. The number of methoxy groups -OCH3 is 1. The Hall–Kier alpha value is -1.43. The highest BCUT2D eigenvalue weighted by Crippen LogP contribution is 2.17. The van der Waals surface area contributed by atoms with E-state index >= 15 is 0 Å². The normalized spacial score (nSPS) is 19.6. The van der Waals surface area contributed by atoms with E-state index in [0.29, 0.717) is 0 Å². The second-order valence-corrected chi connectivity index (χ2v) is 6.19. The molecule has 2 aromatic rings. The van der Waals surface area contributed by atoms with E-state index < -0.39 is 0 Å². The highest BCUT2D eigenvalue weighted by molar-refractivity contribution is 7.09. The highest BCUT2D eigenvalue weighted by Gasteiger charge is 2.21. The Kier molecular flexibility index (Phi) is 4.85. The van der Waals surface area contributed by atoms with Crippen LogP contribution < -0.4 is 4.74 Å². The van der Waals surface area contributed by atoms with Gasteiger partial charge in [-0.25, -0.2) is 4.98 Å². The van der Waals surface area contributed by atoms with Gasteiger partial charge in [0, 0.05) is 24.7 Å². The smallest absolute Gasteiger partial charge is 0.118 e. The molecule has 3 rings (SSSR count). The Labute approximate surface area is 129 Å². The maximum atomic E-state index is 5.90. The van der Waals surface area contributed by atoms with Crippen LogP contribution in [0, 0.1) is 0 Å². The fourth-order valence-electron chi connectivity index (χ4n) is 2.59. The molecule has 5 heteroatoms. The number of ether oxygens (including phenoxy) is 2. The first-order valence-corrected chi connectivity index (χ1v) is 8.07. The molecule has 1 aromatic carbocycles. The van der Waals surface area contributed by atoms with Gasteiger partial charge in [-0.3, -0.25) is 4.90 Å². The zero-order chi connectivity index (χ0) is 14.5. The molecule has 1 aliphatic heterocycles. The zero-order valence-electron chi connectivity index (χ0n) is 12.2. The Balaban J connectivity index is 1.55. The second-order valence-electron chi connectivity index (χ2n) is 5.21. The molecule has 1 saturated heterocycles. The molecule has 1 fully saturated rings. The predicted molar refractivity (Wildman–Crippen MR) is 83.8 cm³/mol. The molecule has 1 aliphatic rings. The van der Waals surface area contributed by atoms with Crippen molar-refractivity contribution in [3.05, 3.63) is 46.4 Å². The average Bonchev–Trinajstić information content (AvgIpc) is 3.01. The van der Waals surface area contributed by atoms with Gasteiger partial charge < -0.3 is 9.47 Å². The van der Waals surface area contributed by atoms with Crippen LogP contribution in [0.3, 0.4) is 0 Å². The lowest BCUT2D eigenvalue weighted by molar-refractivity contribution is -0.0305. The SMILES string of the molecule is COc1ccc(CC2CN(Cc3nccs3)CCO2)cc1. The summed E-state index contributed by atoms with van der Waals surface area (Å²) in [4.78, 5) is 6.79. The third kappa shape index (κ3) is 4.03. The molecule has 1 atom stereocenters. The van der Waals surface area contributed by atoms with Gasteiger partial charge in [0.2, 0.25) is 0 Å². The molecule has 1 unspecified atom stereocenters. The van der Waals surface area contributed by atoms with E-state index in [1.165, 1.54) is 10.6 Å². The summed E-state index contributed by atoms with van der Waals surface area (Å²) in [7, 11) is 1.69. The summed E-state index contributed by atoms with van der Waals surface area (Å²) < 4.78 is 11.1. The summed E-state index contributed by atoms with van der Waals surface area (Å²) in [6, 6.07) is 8.24. The quantitative estimate of drug-likeness (QED) is 0.850. The summed E-state index contributed by atoms with van der Waals surface area (Å²) >= 11 is 1.72. The highest BCUT2D eigenvalue weighted by atomic mass is 32.1. The van der Waals surface area contributed by atoms with Crippen LogP contribution in [0.4, 0.5) is 0 Å². The summed E-state index contributed by atoms with van der Waals surface area (Å²) in [5.41, 5.74) is 1.29. The van der Waals surface area contributed by atoms with Gasteiger partial charge in [0.25, 0.3) is 0 Å². The molecular formula is C16H20N2O2S. The van der Waals surface area contributed by atoms with E-state index in [0.717, 1.165) is 38.4 Å². The largest absolute Gasteiger partial charge is 0.497 e. The third-order valence-corrected chi connectivity index (χ3v) is 4.45. The minimum atomic E-state index is 0.257. The molecule has 0 saturated carbocycles. The molecule has 2 heterocycles. The van der Waals surface area contributed by atoms with Gasteiger partial charge in [-0.2, -0.15) is 0 Å². The van der Waals surface area contributed by atoms with Crippen LogP contribution in [-0.2, 0) is 17.7 Å². The number of hydrogen-bond acceptors (Lipinski definition) is 5. The zero-order valence-corrected chi connectivity index (χ0v) is 13.0. The standard InChI is InChI=1S/C16H20N2O2S/c1-19-14-4-2-13(3-5-14)10-15-11-18(7-8-20-15)12-16-17-6-9-21-16/h2-6,9,15H,7-8,10-12H2,1H3. The van der Waals surface area contributed by atoms with Gasteiger partial charge in [-0.05, 0) is 24.1 Å². The maximum absolute atomic E-state index is 5.90. The fourth-order valence-corrected chi connectivity index (χ4v) is 3.25. The summed E-state index contributed by atoms with van der Waals surface area (Å²) in [5.74, 6) is 0.897. The van der Waals surface area contributed by atoms with Crippen LogP contribution in [0.15, 0.2) is 35.8 Å². The minimum absolute atomic E-state index is 0.257. The molecule has 21 heavy (non-hydrogen) atoms. The molecule has 112 valence electrons. The van der Waals surface area contributed by atoms with Crippen molar-refractivity contribution in [2.75, 3.05) is 26.8 Å². The summed E-state index contributed by atoms with van der Waals surface area (Å²) in [5, 5.41) is 3.21. The van der Waals surface area contributed by atoms with Crippen molar-refractivity contribution in [2.45, 2.75) is 19.1 Å². The number of aromatic nitrogens is 1. The maximum Gasteiger partial charge on any atom is 0.118 e. The molecule has 0 spiro atoms. The molecule has 0 radical (unpaired) electrons. The topological polar surface area (TPSA) is 34.6 Å². The number of nitrogens with zero attached hydrogens (tertiary/aromatic N) is 2. The first-order valence-electron chi connectivity index (χ1n) is 7.19. The average molecular weight is 304 g/mol. The molecular weight excluding hydrogens is 284 g/mol. The van der Waals surface area contributed by atoms with Gasteiger partial charge in [-0.15, -0.1) is 11.3 Å². The van der Waals surface area contributed by atoms with Gasteiger partial charge >= 0.3 is 0 Å². The van der Waals surface area contributed by atoms with E-state index in [1.54, 1.807) is 18.4 Å². The van der Waals surface area contributed by atoms with Crippen molar-refractivity contribution in [3.8, 4) is 5.75 Å². The van der Waals surface area contributed by atoms with Crippen molar-refractivity contribution in [1.29, 1.82) is 0 Å². The van der Waals surface area contributed by atoms with Crippen molar-refractivity contribution < 1.29 is 9.47 Å². The first kappa shape index (κ1) is 14.5. The van der Waals surface area contributed by atoms with Gasteiger partial charge in [0.15, 0.2) is 0 Å². The van der Waals surface area contributed by atoms with Gasteiger partial charge in [-0.1, -0.05) is 12.1 Å². The van der Waals surface area contributed by atoms with Gasteiger partial charge in [0.05, 0.1) is 26.4 Å². The Morgan fingerprint density at radius 3 is 2.95 bits per heavy atom. The van der Waals surface area contributed by atoms with Crippen molar-refractivity contribution in [1.82, 2.24) is 9.88 Å². The lowest BCUT2D eigenvalue weighted by Gasteiger charge is -2.32. The van der Waals surface area contributed by atoms with Crippen molar-refractivity contribution >= 4 is 11.3 Å². The van der Waals surface area contributed by atoms with Crippen LogP contribution in [0.25, 0.3) is 0 Å². The van der Waals surface area contributed by atoms with Crippen molar-refractivity contribution in [3.63, 3.8) is 0 Å². The second kappa shape index (κ2) is 7.02. The van der Waals surface area contributed by atoms with Crippen LogP contribution >= 0.6 is 11.3 Å². The van der Waals surface area contributed by atoms with E-state index in [2.05, 4.69) is 22.0 Å². The lowest BCUT2D eigenvalue weighted by Crippen LogP contribution is -2.42. The number of thiazole rings is 1.